The molecule has 4 heteroatoms. The van der Waals surface area contributed by atoms with Crippen molar-refractivity contribution >= 4 is 17.1 Å². The maximum atomic E-state index is 12.9. The third kappa shape index (κ3) is 1.94. The molecule has 1 heterocycles. The molecule has 0 saturated carbocycles. The van der Waals surface area contributed by atoms with Gasteiger partial charge >= 0.3 is 0 Å². The van der Waals surface area contributed by atoms with E-state index in [0.717, 1.165) is 12.1 Å². The molecule has 2 rings (SSSR count). The van der Waals surface area contributed by atoms with Gasteiger partial charge in [-0.25, -0.2) is 8.78 Å². The van der Waals surface area contributed by atoms with Gasteiger partial charge in [0, 0.05) is 5.56 Å². The first kappa shape index (κ1) is 9.98. The lowest BCUT2D eigenvalue weighted by molar-refractivity contribution is 0.104. The first-order chi connectivity index (χ1) is 7.18. The number of rotatable bonds is 2. The highest BCUT2D eigenvalue weighted by molar-refractivity contribution is 7.12. The second kappa shape index (κ2) is 3.90. The van der Waals surface area contributed by atoms with Crippen molar-refractivity contribution in [3.05, 3.63) is 57.8 Å². The molecular formula is C11H6F2OS. The third-order valence-corrected chi connectivity index (χ3v) is 2.80. The Labute approximate surface area is 89.0 Å². The summed E-state index contributed by atoms with van der Waals surface area (Å²) in [5.74, 6) is -2.24. The van der Waals surface area contributed by atoms with Crippen LogP contribution in [0.15, 0.2) is 35.7 Å². The summed E-state index contributed by atoms with van der Waals surface area (Å²) in [7, 11) is 0. The summed E-state index contributed by atoms with van der Waals surface area (Å²) in [6.45, 7) is 0. The molecule has 0 fully saturated rings. The number of thiophene rings is 1. The van der Waals surface area contributed by atoms with E-state index < -0.39 is 11.6 Å². The lowest BCUT2D eigenvalue weighted by Gasteiger charge is -1.98. The fourth-order valence-electron chi connectivity index (χ4n) is 1.19. The second-order valence-electron chi connectivity index (χ2n) is 2.94. The monoisotopic (exact) mass is 224 g/mol. The van der Waals surface area contributed by atoms with Crippen LogP contribution in [-0.2, 0) is 0 Å². The lowest BCUT2D eigenvalue weighted by atomic mass is 10.1. The van der Waals surface area contributed by atoms with Crippen LogP contribution in [0.1, 0.15) is 15.2 Å². The molecule has 15 heavy (non-hydrogen) atoms. The zero-order valence-corrected chi connectivity index (χ0v) is 8.35. The van der Waals surface area contributed by atoms with Gasteiger partial charge < -0.3 is 0 Å². The number of halogens is 2. The smallest absolute Gasteiger partial charge is 0.203 e. The number of hydrogen-bond acceptors (Lipinski definition) is 2. The summed E-state index contributed by atoms with van der Waals surface area (Å²) in [5.41, 5.74) is 0.163. The Morgan fingerprint density at radius 2 is 1.93 bits per heavy atom. The van der Waals surface area contributed by atoms with Crippen LogP contribution in [-0.4, -0.2) is 5.78 Å². The van der Waals surface area contributed by atoms with Crippen LogP contribution < -0.4 is 0 Å². The third-order valence-electron chi connectivity index (χ3n) is 1.93. The fraction of sp³-hybridized carbons (Fsp3) is 0. The van der Waals surface area contributed by atoms with Gasteiger partial charge in [0.15, 0.2) is 11.6 Å². The Hall–Kier alpha value is -1.55. The van der Waals surface area contributed by atoms with Gasteiger partial charge in [-0.15, -0.1) is 11.3 Å². The molecule has 0 spiro atoms. The summed E-state index contributed by atoms with van der Waals surface area (Å²) in [4.78, 5) is 12.2. The summed E-state index contributed by atoms with van der Waals surface area (Å²) in [5, 5.41) is 1.76. The van der Waals surface area contributed by atoms with Gasteiger partial charge in [-0.3, -0.25) is 4.79 Å². The number of carbonyl (C=O) groups excluding carboxylic acids is 1. The van der Waals surface area contributed by atoms with Crippen LogP contribution in [0.5, 0.6) is 0 Å². The molecular weight excluding hydrogens is 218 g/mol. The summed E-state index contributed by atoms with van der Waals surface area (Å²) in [6, 6.07) is 6.53. The van der Waals surface area contributed by atoms with Crippen LogP contribution >= 0.6 is 11.3 Å². The van der Waals surface area contributed by atoms with Gasteiger partial charge in [-0.05, 0) is 29.6 Å². The second-order valence-corrected chi connectivity index (χ2v) is 3.88. The van der Waals surface area contributed by atoms with E-state index in [1.54, 1.807) is 17.5 Å². The number of benzene rings is 1. The maximum Gasteiger partial charge on any atom is 0.203 e. The van der Waals surface area contributed by atoms with Crippen LogP contribution in [0.3, 0.4) is 0 Å². The molecule has 0 aliphatic rings. The molecule has 0 aliphatic carbocycles. The molecule has 0 N–H and O–H groups in total. The molecule has 1 aromatic carbocycles. The van der Waals surface area contributed by atoms with Gasteiger partial charge in [0.25, 0.3) is 0 Å². The van der Waals surface area contributed by atoms with E-state index in [4.69, 9.17) is 0 Å². The molecule has 76 valence electrons. The zero-order chi connectivity index (χ0) is 10.8. The fourth-order valence-corrected chi connectivity index (χ4v) is 1.87. The van der Waals surface area contributed by atoms with E-state index in [1.807, 2.05) is 0 Å². The molecule has 0 atom stereocenters. The Bertz CT molecular complexity index is 491. The van der Waals surface area contributed by atoms with E-state index in [2.05, 4.69) is 0 Å². The molecule has 0 radical (unpaired) electrons. The van der Waals surface area contributed by atoms with Gasteiger partial charge in [-0.2, -0.15) is 0 Å². The minimum Gasteiger partial charge on any atom is -0.288 e. The summed E-state index contributed by atoms with van der Waals surface area (Å²) < 4.78 is 25.5. The minimum atomic E-state index is -1.00. The molecule has 0 amide bonds. The molecule has 2 aromatic rings. The predicted octanol–water partition coefficient (Wildman–Crippen LogP) is 3.26. The molecule has 0 saturated heterocycles. The highest BCUT2D eigenvalue weighted by Gasteiger charge is 2.12. The van der Waals surface area contributed by atoms with Gasteiger partial charge in [0.1, 0.15) is 0 Å². The molecule has 1 nitrogen and oxygen atoms in total. The molecule has 1 aromatic heterocycles. The van der Waals surface area contributed by atoms with Crippen molar-refractivity contribution < 1.29 is 13.6 Å². The average Bonchev–Trinajstić information content (AvgIpc) is 2.74. The average molecular weight is 224 g/mol. The lowest BCUT2D eigenvalue weighted by Crippen LogP contribution is -1.99. The Morgan fingerprint density at radius 3 is 2.53 bits per heavy atom. The molecule has 0 aliphatic heterocycles. The van der Waals surface area contributed by atoms with Crippen molar-refractivity contribution in [2.75, 3.05) is 0 Å². The number of carbonyl (C=O) groups is 1. The number of hydrogen-bond donors (Lipinski definition) is 0. The van der Waals surface area contributed by atoms with E-state index >= 15 is 0 Å². The molecule has 0 unspecified atom stereocenters. The first-order valence-electron chi connectivity index (χ1n) is 4.22. The highest BCUT2D eigenvalue weighted by Crippen LogP contribution is 2.16. The predicted molar refractivity (Wildman–Crippen MR) is 54.1 cm³/mol. The summed E-state index contributed by atoms with van der Waals surface area (Å²) >= 11 is 1.27. The summed E-state index contributed by atoms with van der Waals surface area (Å²) in [6.07, 6.45) is 0. The van der Waals surface area contributed by atoms with Crippen molar-refractivity contribution in [1.29, 1.82) is 0 Å². The topological polar surface area (TPSA) is 17.1 Å². The SMILES string of the molecule is O=C(c1ccc(F)c(F)c1)c1cccs1. The first-order valence-corrected chi connectivity index (χ1v) is 5.09. The van der Waals surface area contributed by atoms with Crippen LogP contribution in [0.2, 0.25) is 0 Å². The van der Waals surface area contributed by atoms with Gasteiger partial charge in [0.2, 0.25) is 5.78 Å². The minimum absolute atomic E-state index is 0.163. The normalized spacial score (nSPS) is 10.3. The van der Waals surface area contributed by atoms with Crippen LogP contribution in [0.4, 0.5) is 8.78 Å². The Balaban J connectivity index is 2.39. The Morgan fingerprint density at radius 1 is 1.13 bits per heavy atom. The van der Waals surface area contributed by atoms with Crippen molar-refractivity contribution in [3.8, 4) is 0 Å². The van der Waals surface area contributed by atoms with Crippen LogP contribution in [0.25, 0.3) is 0 Å². The van der Waals surface area contributed by atoms with Crippen molar-refractivity contribution in [1.82, 2.24) is 0 Å². The van der Waals surface area contributed by atoms with Gasteiger partial charge in [-0.1, -0.05) is 6.07 Å². The van der Waals surface area contributed by atoms with Crippen LogP contribution in [0, 0.1) is 11.6 Å². The molecule has 0 bridgehead atoms. The standard InChI is InChI=1S/C11H6F2OS/c12-8-4-3-7(6-9(8)13)11(14)10-2-1-5-15-10/h1-6H. The van der Waals surface area contributed by atoms with E-state index in [9.17, 15) is 13.6 Å². The van der Waals surface area contributed by atoms with Gasteiger partial charge in [0.05, 0.1) is 4.88 Å². The van der Waals surface area contributed by atoms with Crippen molar-refractivity contribution in [2.45, 2.75) is 0 Å². The number of ketones is 1. The zero-order valence-electron chi connectivity index (χ0n) is 7.54. The van der Waals surface area contributed by atoms with E-state index in [1.165, 1.54) is 17.4 Å². The van der Waals surface area contributed by atoms with Crippen molar-refractivity contribution in [3.63, 3.8) is 0 Å². The van der Waals surface area contributed by atoms with E-state index in [-0.39, 0.29) is 11.3 Å². The quantitative estimate of drug-likeness (QED) is 0.715. The largest absolute Gasteiger partial charge is 0.288 e. The van der Waals surface area contributed by atoms with E-state index in [0.29, 0.717) is 4.88 Å². The van der Waals surface area contributed by atoms with Crippen molar-refractivity contribution in [2.24, 2.45) is 0 Å². The Kier molecular flexibility index (Phi) is 2.60. The maximum absolute atomic E-state index is 12.9. The highest BCUT2D eigenvalue weighted by atomic mass is 32.1.